The van der Waals surface area contributed by atoms with Crippen LogP contribution in [0.15, 0.2) is 72.8 Å². The Balaban J connectivity index is 1.97. The van der Waals surface area contributed by atoms with Crippen molar-refractivity contribution in [3.8, 4) is 0 Å². The molecule has 0 aromatic heterocycles. The molecule has 1 N–H and O–H groups in total. The van der Waals surface area contributed by atoms with Gasteiger partial charge in [0.2, 0.25) is 0 Å². The highest BCUT2D eigenvalue weighted by atomic mass is 19.1. The number of fused-ring (bicyclic) bond motifs is 1. The van der Waals surface area contributed by atoms with Gasteiger partial charge in [0, 0.05) is 11.3 Å². The molecule has 0 saturated heterocycles. The van der Waals surface area contributed by atoms with E-state index in [4.69, 9.17) is 0 Å². The summed E-state index contributed by atoms with van der Waals surface area (Å²) in [7, 11) is 0. The Morgan fingerprint density at radius 1 is 0.857 bits per heavy atom. The SMILES string of the molecule is O=C(O)[C@H]1c2ccccc2C(=O)N(c2ccc(F)cc2)[C@@H]1c1ccc(F)cc1. The molecule has 0 spiro atoms. The Morgan fingerprint density at radius 2 is 1.43 bits per heavy atom. The fourth-order valence-corrected chi connectivity index (χ4v) is 3.69. The Bertz CT molecular complexity index is 1050. The number of carbonyl (C=O) groups excluding carboxylic acids is 1. The van der Waals surface area contributed by atoms with Crippen LogP contribution in [0.4, 0.5) is 14.5 Å². The third-order valence-electron chi connectivity index (χ3n) is 4.92. The van der Waals surface area contributed by atoms with E-state index < -0.39 is 35.5 Å². The van der Waals surface area contributed by atoms with E-state index in [0.717, 1.165) is 0 Å². The van der Waals surface area contributed by atoms with Gasteiger partial charge in [-0.2, -0.15) is 0 Å². The molecule has 0 bridgehead atoms. The first-order chi connectivity index (χ1) is 13.5. The Hall–Kier alpha value is -3.54. The number of amides is 1. The lowest BCUT2D eigenvalue weighted by molar-refractivity contribution is -0.139. The minimum atomic E-state index is -1.11. The van der Waals surface area contributed by atoms with Gasteiger partial charge in [-0.3, -0.25) is 14.5 Å². The molecule has 1 heterocycles. The minimum Gasteiger partial charge on any atom is -0.481 e. The Kier molecular flexibility index (Phi) is 4.39. The molecule has 0 unspecified atom stereocenters. The number of rotatable bonds is 3. The lowest BCUT2D eigenvalue weighted by Gasteiger charge is -2.40. The average Bonchev–Trinajstić information content (AvgIpc) is 2.69. The quantitative estimate of drug-likeness (QED) is 0.727. The molecule has 2 atom stereocenters. The third kappa shape index (κ3) is 2.93. The van der Waals surface area contributed by atoms with Crippen molar-refractivity contribution >= 4 is 17.6 Å². The summed E-state index contributed by atoms with van der Waals surface area (Å²) in [4.78, 5) is 26.9. The first-order valence-electron chi connectivity index (χ1n) is 8.63. The topological polar surface area (TPSA) is 57.6 Å². The second kappa shape index (κ2) is 6.88. The van der Waals surface area contributed by atoms with Gasteiger partial charge in [-0.25, -0.2) is 8.78 Å². The zero-order valence-corrected chi connectivity index (χ0v) is 14.5. The molecule has 3 aromatic rings. The van der Waals surface area contributed by atoms with Crippen LogP contribution in [-0.2, 0) is 4.79 Å². The number of carbonyl (C=O) groups is 2. The summed E-state index contributed by atoms with van der Waals surface area (Å²) in [5.74, 6) is -3.51. The maximum Gasteiger partial charge on any atom is 0.313 e. The van der Waals surface area contributed by atoms with Gasteiger partial charge in [0.25, 0.3) is 5.91 Å². The van der Waals surface area contributed by atoms with Crippen LogP contribution in [0.3, 0.4) is 0 Å². The van der Waals surface area contributed by atoms with Crippen LogP contribution < -0.4 is 4.90 Å². The molecule has 0 aliphatic carbocycles. The monoisotopic (exact) mass is 379 g/mol. The van der Waals surface area contributed by atoms with Crippen LogP contribution in [0.2, 0.25) is 0 Å². The summed E-state index contributed by atoms with van der Waals surface area (Å²) in [5.41, 5.74) is 1.51. The molecule has 6 heteroatoms. The first kappa shape index (κ1) is 17.9. The zero-order chi connectivity index (χ0) is 19.8. The summed E-state index contributed by atoms with van der Waals surface area (Å²) in [6.07, 6.45) is 0. The fourth-order valence-electron chi connectivity index (χ4n) is 3.69. The number of halogens is 2. The van der Waals surface area contributed by atoms with Crippen molar-refractivity contribution in [2.75, 3.05) is 4.90 Å². The normalized spacial score (nSPS) is 18.6. The molecule has 0 radical (unpaired) electrons. The van der Waals surface area contributed by atoms with Crippen molar-refractivity contribution in [2.24, 2.45) is 0 Å². The predicted molar refractivity (Wildman–Crippen MR) is 99.2 cm³/mol. The summed E-state index contributed by atoms with van der Waals surface area (Å²) >= 11 is 0. The summed E-state index contributed by atoms with van der Waals surface area (Å²) < 4.78 is 26.9. The van der Waals surface area contributed by atoms with Gasteiger partial charge in [0.05, 0.1) is 6.04 Å². The van der Waals surface area contributed by atoms with Gasteiger partial charge in [0.15, 0.2) is 0 Å². The number of carboxylic acids is 1. The predicted octanol–water partition coefficient (Wildman–Crippen LogP) is 4.53. The number of benzene rings is 3. The first-order valence-corrected chi connectivity index (χ1v) is 8.63. The number of carboxylic acid groups (broad SMARTS) is 1. The summed E-state index contributed by atoms with van der Waals surface area (Å²) in [5, 5.41) is 9.99. The van der Waals surface area contributed by atoms with Crippen LogP contribution >= 0.6 is 0 Å². The highest BCUT2D eigenvalue weighted by molar-refractivity contribution is 6.10. The Labute approximate surface area is 159 Å². The van der Waals surface area contributed by atoms with E-state index in [9.17, 15) is 23.5 Å². The van der Waals surface area contributed by atoms with Gasteiger partial charge in [-0.15, -0.1) is 0 Å². The van der Waals surface area contributed by atoms with Crippen molar-refractivity contribution < 1.29 is 23.5 Å². The number of aliphatic carboxylic acids is 1. The largest absolute Gasteiger partial charge is 0.481 e. The van der Waals surface area contributed by atoms with Crippen LogP contribution in [0, 0.1) is 11.6 Å². The van der Waals surface area contributed by atoms with Crippen LogP contribution in [0.5, 0.6) is 0 Å². The molecule has 28 heavy (non-hydrogen) atoms. The van der Waals surface area contributed by atoms with E-state index in [1.807, 2.05) is 0 Å². The molecular weight excluding hydrogens is 364 g/mol. The van der Waals surface area contributed by atoms with Crippen molar-refractivity contribution in [1.82, 2.24) is 0 Å². The third-order valence-corrected chi connectivity index (χ3v) is 4.92. The number of anilines is 1. The number of hydrogen-bond donors (Lipinski definition) is 1. The van der Waals surface area contributed by atoms with Gasteiger partial charge >= 0.3 is 5.97 Å². The van der Waals surface area contributed by atoms with E-state index >= 15 is 0 Å². The van der Waals surface area contributed by atoms with Crippen molar-refractivity contribution in [3.05, 3.63) is 101 Å². The minimum absolute atomic E-state index is 0.276. The van der Waals surface area contributed by atoms with Gasteiger partial charge in [-0.1, -0.05) is 30.3 Å². The van der Waals surface area contributed by atoms with E-state index in [1.54, 1.807) is 24.3 Å². The Morgan fingerprint density at radius 3 is 2.04 bits per heavy atom. The molecule has 0 fully saturated rings. The smallest absolute Gasteiger partial charge is 0.313 e. The lowest BCUT2D eigenvalue weighted by Crippen LogP contribution is -2.45. The molecule has 1 amide bonds. The standard InChI is InChI=1S/C22H15F2NO3/c23-14-7-5-13(6-8-14)20-19(22(27)28)17-3-1-2-4-18(17)21(26)25(20)16-11-9-15(24)10-12-16/h1-12,19-20H,(H,27,28)/t19-,20+/m0/s1. The van der Waals surface area contributed by atoms with E-state index in [-0.39, 0.29) is 5.56 Å². The highest BCUT2D eigenvalue weighted by Crippen LogP contribution is 2.45. The summed E-state index contributed by atoms with van der Waals surface area (Å²) in [6, 6.07) is 16.3. The van der Waals surface area contributed by atoms with E-state index in [0.29, 0.717) is 16.8 Å². The molecule has 140 valence electrons. The fraction of sp³-hybridized carbons (Fsp3) is 0.0909. The van der Waals surface area contributed by atoms with Crippen LogP contribution in [-0.4, -0.2) is 17.0 Å². The number of hydrogen-bond acceptors (Lipinski definition) is 2. The zero-order valence-electron chi connectivity index (χ0n) is 14.5. The lowest BCUT2D eigenvalue weighted by atomic mass is 9.79. The van der Waals surface area contributed by atoms with Gasteiger partial charge in [-0.05, 0) is 53.6 Å². The highest BCUT2D eigenvalue weighted by Gasteiger charge is 2.44. The number of nitrogens with zero attached hydrogens (tertiary/aromatic N) is 1. The van der Waals surface area contributed by atoms with Crippen molar-refractivity contribution in [3.63, 3.8) is 0 Å². The van der Waals surface area contributed by atoms with Crippen molar-refractivity contribution in [1.29, 1.82) is 0 Å². The molecule has 4 nitrogen and oxygen atoms in total. The van der Waals surface area contributed by atoms with E-state index in [1.165, 1.54) is 53.4 Å². The van der Waals surface area contributed by atoms with Crippen LogP contribution in [0.1, 0.15) is 33.4 Å². The van der Waals surface area contributed by atoms with Gasteiger partial charge < -0.3 is 5.11 Å². The van der Waals surface area contributed by atoms with Gasteiger partial charge in [0.1, 0.15) is 17.6 Å². The van der Waals surface area contributed by atoms with E-state index in [2.05, 4.69) is 0 Å². The second-order valence-electron chi connectivity index (χ2n) is 6.55. The molecule has 1 aliphatic rings. The average molecular weight is 379 g/mol. The van der Waals surface area contributed by atoms with Crippen molar-refractivity contribution in [2.45, 2.75) is 12.0 Å². The maximum absolute atomic E-state index is 13.5. The molecule has 4 rings (SSSR count). The molecule has 3 aromatic carbocycles. The maximum atomic E-state index is 13.5. The molecule has 0 saturated carbocycles. The van der Waals surface area contributed by atoms with Crippen LogP contribution in [0.25, 0.3) is 0 Å². The molecule has 1 aliphatic heterocycles. The summed E-state index contributed by atoms with van der Waals surface area (Å²) in [6.45, 7) is 0. The molecular formula is C22H15F2NO3. The second-order valence-corrected chi connectivity index (χ2v) is 6.55.